The van der Waals surface area contributed by atoms with Crippen LogP contribution in [0, 0.1) is 12.8 Å². The molecule has 1 aromatic rings. The first-order valence-electron chi connectivity index (χ1n) is 6.54. The monoisotopic (exact) mass is 219 g/mol. The number of aromatic nitrogens is 2. The van der Waals surface area contributed by atoms with Crippen molar-refractivity contribution in [3.8, 4) is 0 Å². The van der Waals surface area contributed by atoms with Crippen LogP contribution in [0.4, 0.5) is 5.95 Å². The third-order valence-corrected chi connectivity index (χ3v) is 3.82. The zero-order chi connectivity index (χ0) is 11.1. The molecule has 2 unspecified atom stereocenters. The summed E-state index contributed by atoms with van der Waals surface area (Å²) in [6.45, 7) is 4.45. The van der Waals surface area contributed by atoms with E-state index in [1.54, 1.807) is 0 Å². The molecule has 0 amide bonds. The smallest absolute Gasteiger partial charge is 0.203 e. The van der Waals surface area contributed by atoms with Gasteiger partial charge in [0.25, 0.3) is 0 Å². The maximum atomic E-state index is 4.61. The molecular weight excluding hydrogens is 198 g/mol. The number of hydrogen-bond donors (Lipinski definition) is 1. The van der Waals surface area contributed by atoms with E-state index in [-0.39, 0.29) is 0 Å². The van der Waals surface area contributed by atoms with Crippen molar-refractivity contribution in [3.05, 3.63) is 11.9 Å². The van der Waals surface area contributed by atoms with Crippen LogP contribution in [0.5, 0.6) is 0 Å². The summed E-state index contributed by atoms with van der Waals surface area (Å²) in [5.74, 6) is 1.99. The molecule has 2 atom stereocenters. The van der Waals surface area contributed by atoms with Gasteiger partial charge in [0.2, 0.25) is 5.95 Å². The van der Waals surface area contributed by atoms with Crippen LogP contribution in [0.25, 0.3) is 0 Å². The molecule has 2 fully saturated rings. The number of nitrogens with one attached hydrogen (secondary N) is 1. The fourth-order valence-corrected chi connectivity index (χ4v) is 2.74. The molecule has 0 aliphatic heterocycles. The first kappa shape index (κ1) is 10.2. The van der Waals surface area contributed by atoms with E-state index < -0.39 is 0 Å². The minimum absolute atomic E-state index is 0.678. The highest BCUT2D eigenvalue weighted by Crippen LogP contribution is 2.36. The highest BCUT2D eigenvalue weighted by molar-refractivity contribution is 5.33. The van der Waals surface area contributed by atoms with Crippen molar-refractivity contribution < 1.29 is 0 Å². The standard InChI is InChI=1S/C13H21N3/c1-9-3-6-12(7-9)16-8-10(2)14-13(16)15-11-4-5-11/h8-9,11-12H,3-7H2,1-2H3,(H,14,15). The second kappa shape index (κ2) is 3.79. The fraction of sp³-hybridized carbons (Fsp3) is 0.769. The van der Waals surface area contributed by atoms with Crippen molar-refractivity contribution in [2.75, 3.05) is 5.32 Å². The van der Waals surface area contributed by atoms with E-state index >= 15 is 0 Å². The van der Waals surface area contributed by atoms with Crippen LogP contribution in [-0.4, -0.2) is 15.6 Å². The summed E-state index contributed by atoms with van der Waals surface area (Å²) < 4.78 is 2.39. The van der Waals surface area contributed by atoms with Crippen LogP contribution in [0.1, 0.15) is 50.8 Å². The van der Waals surface area contributed by atoms with Gasteiger partial charge in [0, 0.05) is 18.3 Å². The summed E-state index contributed by atoms with van der Waals surface area (Å²) in [5.41, 5.74) is 1.14. The van der Waals surface area contributed by atoms with Crippen molar-refractivity contribution in [2.45, 2.75) is 58.0 Å². The molecule has 3 rings (SSSR count). The minimum Gasteiger partial charge on any atom is -0.353 e. The molecule has 0 spiro atoms. The van der Waals surface area contributed by atoms with E-state index in [0.717, 1.165) is 17.6 Å². The topological polar surface area (TPSA) is 29.9 Å². The molecule has 16 heavy (non-hydrogen) atoms. The molecule has 0 bridgehead atoms. The highest BCUT2D eigenvalue weighted by atomic mass is 15.2. The first-order chi connectivity index (χ1) is 7.72. The maximum Gasteiger partial charge on any atom is 0.203 e. The van der Waals surface area contributed by atoms with E-state index in [0.29, 0.717) is 12.1 Å². The Kier molecular flexibility index (Phi) is 2.41. The van der Waals surface area contributed by atoms with Gasteiger partial charge < -0.3 is 9.88 Å². The highest BCUT2D eigenvalue weighted by Gasteiger charge is 2.27. The van der Waals surface area contributed by atoms with E-state index in [2.05, 4.69) is 34.9 Å². The molecule has 1 heterocycles. The molecule has 0 saturated heterocycles. The van der Waals surface area contributed by atoms with E-state index in [4.69, 9.17) is 0 Å². The number of anilines is 1. The van der Waals surface area contributed by atoms with Gasteiger partial charge in [0.05, 0.1) is 5.69 Å². The zero-order valence-corrected chi connectivity index (χ0v) is 10.2. The SMILES string of the molecule is Cc1cn(C2CCC(C)C2)c(NC2CC2)n1. The summed E-state index contributed by atoms with van der Waals surface area (Å²) >= 11 is 0. The lowest BCUT2D eigenvalue weighted by atomic mass is 10.1. The van der Waals surface area contributed by atoms with Crippen LogP contribution in [-0.2, 0) is 0 Å². The normalized spacial score (nSPS) is 29.6. The number of nitrogens with zero attached hydrogens (tertiary/aromatic N) is 2. The Bertz CT molecular complexity index is 379. The summed E-state index contributed by atoms with van der Waals surface area (Å²) in [4.78, 5) is 4.61. The zero-order valence-electron chi connectivity index (χ0n) is 10.2. The van der Waals surface area contributed by atoms with Gasteiger partial charge in [-0.25, -0.2) is 4.98 Å². The van der Waals surface area contributed by atoms with Gasteiger partial charge in [-0.1, -0.05) is 6.92 Å². The van der Waals surface area contributed by atoms with E-state index in [9.17, 15) is 0 Å². The van der Waals surface area contributed by atoms with Gasteiger partial charge in [0.1, 0.15) is 0 Å². The molecule has 2 aliphatic carbocycles. The Balaban J connectivity index is 1.81. The molecule has 1 N–H and O–H groups in total. The average Bonchev–Trinajstić information content (AvgIpc) is 2.82. The Morgan fingerprint density at radius 2 is 2.12 bits per heavy atom. The lowest BCUT2D eigenvalue weighted by Gasteiger charge is -2.15. The molecule has 88 valence electrons. The van der Waals surface area contributed by atoms with Crippen LogP contribution in [0.2, 0.25) is 0 Å². The molecule has 0 aromatic carbocycles. The largest absolute Gasteiger partial charge is 0.353 e. The fourth-order valence-electron chi connectivity index (χ4n) is 2.74. The molecule has 3 heteroatoms. The van der Waals surface area contributed by atoms with Crippen LogP contribution in [0.3, 0.4) is 0 Å². The number of aryl methyl sites for hydroxylation is 1. The molecule has 2 saturated carbocycles. The van der Waals surface area contributed by atoms with Gasteiger partial charge in [-0.2, -0.15) is 0 Å². The summed E-state index contributed by atoms with van der Waals surface area (Å²) in [5, 5.41) is 3.55. The minimum atomic E-state index is 0.678. The van der Waals surface area contributed by atoms with Crippen molar-refractivity contribution in [1.29, 1.82) is 0 Å². The Morgan fingerprint density at radius 3 is 2.75 bits per heavy atom. The maximum absolute atomic E-state index is 4.61. The van der Waals surface area contributed by atoms with Crippen LogP contribution >= 0.6 is 0 Å². The molecule has 3 nitrogen and oxygen atoms in total. The van der Waals surface area contributed by atoms with Crippen LogP contribution in [0.15, 0.2) is 6.20 Å². The third-order valence-electron chi connectivity index (χ3n) is 3.82. The van der Waals surface area contributed by atoms with Crippen LogP contribution < -0.4 is 5.32 Å². The van der Waals surface area contributed by atoms with Crippen molar-refractivity contribution in [1.82, 2.24) is 9.55 Å². The summed E-state index contributed by atoms with van der Waals surface area (Å²) in [7, 11) is 0. The van der Waals surface area contributed by atoms with Crippen molar-refractivity contribution in [3.63, 3.8) is 0 Å². The quantitative estimate of drug-likeness (QED) is 0.846. The average molecular weight is 219 g/mol. The van der Waals surface area contributed by atoms with Crippen molar-refractivity contribution in [2.24, 2.45) is 5.92 Å². The number of rotatable bonds is 3. The lowest BCUT2D eigenvalue weighted by Crippen LogP contribution is -2.12. The molecule has 0 radical (unpaired) electrons. The lowest BCUT2D eigenvalue weighted by molar-refractivity contribution is 0.497. The van der Waals surface area contributed by atoms with Gasteiger partial charge in [-0.15, -0.1) is 0 Å². The first-order valence-corrected chi connectivity index (χ1v) is 6.54. The molecule has 1 aromatic heterocycles. The molecule has 2 aliphatic rings. The second-order valence-corrected chi connectivity index (χ2v) is 5.60. The summed E-state index contributed by atoms with van der Waals surface area (Å²) in [6, 6.07) is 1.37. The van der Waals surface area contributed by atoms with Gasteiger partial charge in [-0.05, 0) is 44.9 Å². The predicted octanol–water partition coefficient (Wildman–Crippen LogP) is 3.13. The number of hydrogen-bond acceptors (Lipinski definition) is 2. The van der Waals surface area contributed by atoms with Gasteiger partial charge in [-0.3, -0.25) is 0 Å². The van der Waals surface area contributed by atoms with E-state index in [1.807, 2.05) is 0 Å². The van der Waals surface area contributed by atoms with Crippen molar-refractivity contribution >= 4 is 5.95 Å². The second-order valence-electron chi connectivity index (χ2n) is 5.60. The summed E-state index contributed by atoms with van der Waals surface area (Å²) in [6.07, 6.45) is 8.84. The predicted molar refractivity (Wildman–Crippen MR) is 65.7 cm³/mol. The van der Waals surface area contributed by atoms with E-state index in [1.165, 1.54) is 32.1 Å². The van der Waals surface area contributed by atoms with Gasteiger partial charge in [0.15, 0.2) is 0 Å². The number of imidazole rings is 1. The third kappa shape index (κ3) is 1.95. The Hall–Kier alpha value is -0.990. The Labute approximate surface area is 97.3 Å². The Morgan fingerprint density at radius 1 is 1.31 bits per heavy atom. The molecular formula is C13H21N3. The van der Waals surface area contributed by atoms with Gasteiger partial charge >= 0.3 is 0 Å².